The van der Waals surface area contributed by atoms with E-state index in [9.17, 15) is 14.7 Å². The third-order valence-corrected chi connectivity index (χ3v) is 10.5. The second-order valence-corrected chi connectivity index (χ2v) is 14.9. The van der Waals surface area contributed by atoms with Crippen LogP contribution in [-0.2, 0) is 51.7 Å². The Morgan fingerprint density at radius 1 is 0.678 bits per heavy atom. The Bertz CT molecular complexity index is 2180. The van der Waals surface area contributed by atoms with Gasteiger partial charge in [0.1, 0.15) is 6.04 Å². The van der Waals surface area contributed by atoms with Crippen molar-refractivity contribution in [3.05, 3.63) is 203 Å². The molecule has 1 heterocycles. The Balaban J connectivity index is 1.04. The summed E-state index contributed by atoms with van der Waals surface area (Å²) in [5.74, 6) is -0.505. The van der Waals surface area contributed by atoms with Crippen molar-refractivity contribution in [2.75, 3.05) is 13.7 Å². The number of hydrogen-bond acceptors (Lipinski definition) is 7. The van der Waals surface area contributed by atoms with Gasteiger partial charge in [0.15, 0.2) is 6.29 Å². The molecule has 1 saturated heterocycles. The summed E-state index contributed by atoms with van der Waals surface area (Å²) < 4.78 is 18.4. The number of nitrogens with zero attached hydrogens (tertiary/aromatic N) is 1. The zero-order valence-corrected chi connectivity index (χ0v) is 33.3. The number of carbonyl (C=O) groups excluding carboxylic acids is 2. The Morgan fingerprint density at radius 2 is 1.27 bits per heavy atom. The van der Waals surface area contributed by atoms with E-state index < -0.39 is 24.3 Å². The lowest BCUT2D eigenvalue weighted by atomic mass is 9.98. The van der Waals surface area contributed by atoms with Crippen molar-refractivity contribution >= 4 is 12.0 Å². The molecule has 0 aliphatic carbocycles. The van der Waals surface area contributed by atoms with Crippen LogP contribution in [0, 0.1) is 0 Å². The molecule has 0 aromatic heterocycles. The third-order valence-electron chi connectivity index (χ3n) is 10.5. The molecule has 0 bridgehead atoms. The highest BCUT2D eigenvalue weighted by molar-refractivity contribution is 5.83. The van der Waals surface area contributed by atoms with Gasteiger partial charge in [-0.2, -0.15) is 0 Å². The summed E-state index contributed by atoms with van der Waals surface area (Å²) in [4.78, 5) is 27.8. The average Bonchev–Trinajstić information content (AvgIpc) is 3.29. The lowest BCUT2D eigenvalue weighted by Gasteiger charge is -2.38. The smallest absolute Gasteiger partial charge is 0.328 e. The van der Waals surface area contributed by atoms with Gasteiger partial charge in [0.05, 0.1) is 25.9 Å². The molecule has 302 valence electrons. The lowest BCUT2D eigenvalue weighted by Crippen LogP contribution is -2.47. The van der Waals surface area contributed by atoms with Gasteiger partial charge in [-0.1, -0.05) is 158 Å². The highest BCUT2D eigenvalue weighted by Crippen LogP contribution is 2.39. The van der Waals surface area contributed by atoms with Crippen molar-refractivity contribution in [2.45, 2.75) is 63.6 Å². The maximum Gasteiger partial charge on any atom is 0.328 e. The minimum absolute atomic E-state index is 0.0120. The first-order valence-corrected chi connectivity index (χ1v) is 20.1. The van der Waals surface area contributed by atoms with Crippen LogP contribution in [0.2, 0.25) is 0 Å². The molecular formula is C50H51N3O6. The number of esters is 1. The first-order chi connectivity index (χ1) is 28.9. The molecule has 0 unspecified atom stereocenters. The van der Waals surface area contributed by atoms with E-state index in [-0.39, 0.29) is 25.4 Å². The molecule has 0 saturated carbocycles. The van der Waals surface area contributed by atoms with E-state index in [4.69, 9.17) is 14.2 Å². The van der Waals surface area contributed by atoms with E-state index in [0.717, 1.165) is 52.0 Å². The number of urea groups is 1. The monoisotopic (exact) mass is 789 g/mol. The van der Waals surface area contributed by atoms with Crippen molar-refractivity contribution in [3.63, 3.8) is 0 Å². The average molecular weight is 790 g/mol. The van der Waals surface area contributed by atoms with Gasteiger partial charge in [-0.3, -0.25) is 4.90 Å². The molecule has 9 nitrogen and oxygen atoms in total. The van der Waals surface area contributed by atoms with Gasteiger partial charge in [-0.25, -0.2) is 9.59 Å². The Kier molecular flexibility index (Phi) is 14.3. The Labute approximate surface area is 346 Å². The van der Waals surface area contributed by atoms with Gasteiger partial charge in [0.2, 0.25) is 0 Å². The van der Waals surface area contributed by atoms with E-state index in [1.165, 1.54) is 18.2 Å². The summed E-state index contributed by atoms with van der Waals surface area (Å²) in [5, 5.41) is 15.3. The van der Waals surface area contributed by atoms with Crippen molar-refractivity contribution in [1.82, 2.24) is 15.5 Å². The maximum atomic E-state index is 12.9. The number of carbonyl (C=O) groups is 2. The number of benzene rings is 6. The van der Waals surface area contributed by atoms with Crippen LogP contribution in [0.4, 0.5) is 4.79 Å². The van der Waals surface area contributed by atoms with Gasteiger partial charge in [-0.15, -0.1) is 0 Å². The minimum Gasteiger partial charge on any atom is -0.467 e. The predicted octanol–water partition coefficient (Wildman–Crippen LogP) is 8.68. The van der Waals surface area contributed by atoms with Crippen molar-refractivity contribution < 1.29 is 28.9 Å². The van der Waals surface area contributed by atoms with E-state index in [1.807, 2.05) is 91.0 Å². The van der Waals surface area contributed by atoms with E-state index in [1.54, 1.807) is 0 Å². The van der Waals surface area contributed by atoms with Crippen LogP contribution in [0.5, 0.6) is 0 Å². The normalized spacial score (nSPS) is 16.9. The molecule has 59 heavy (non-hydrogen) atoms. The predicted molar refractivity (Wildman–Crippen MR) is 229 cm³/mol. The molecular weight excluding hydrogens is 739 g/mol. The highest BCUT2D eigenvalue weighted by atomic mass is 16.7. The molecule has 7 rings (SSSR count). The zero-order chi connectivity index (χ0) is 40.8. The van der Waals surface area contributed by atoms with E-state index in [2.05, 4.69) is 88.3 Å². The molecule has 4 atom stereocenters. The topological polar surface area (TPSA) is 109 Å². The van der Waals surface area contributed by atoms with Crippen LogP contribution in [0.15, 0.2) is 164 Å². The van der Waals surface area contributed by atoms with Crippen LogP contribution < -0.4 is 10.6 Å². The largest absolute Gasteiger partial charge is 0.467 e. The number of nitrogens with one attached hydrogen (secondary N) is 2. The lowest BCUT2D eigenvalue weighted by molar-refractivity contribution is -0.253. The molecule has 1 fully saturated rings. The SMILES string of the molecule is COC(=O)[C@H](Cc1ccccc1)NC(=O)NCc1cccc(-c2ccc([C@H]3O[C@@H](CN(Cc4ccccc4)Cc4ccccc4)C[C@@H](c4ccc(CO)cc4)O3)cc2)c1. The van der Waals surface area contributed by atoms with Gasteiger partial charge in [0, 0.05) is 44.6 Å². The third kappa shape index (κ3) is 11.7. The molecule has 1 aliphatic rings. The zero-order valence-electron chi connectivity index (χ0n) is 33.3. The molecule has 0 radical (unpaired) electrons. The second-order valence-electron chi connectivity index (χ2n) is 14.9. The highest BCUT2D eigenvalue weighted by Gasteiger charge is 2.33. The first kappa shape index (κ1) is 41.1. The summed E-state index contributed by atoms with van der Waals surface area (Å²) >= 11 is 0. The number of rotatable bonds is 16. The summed E-state index contributed by atoms with van der Waals surface area (Å²) in [6.07, 6.45) is 0.0894. The molecule has 6 aromatic carbocycles. The number of aliphatic hydroxyl groups is 1. The van der Waals surface area contributed by atoms with Crippen LogP contribution in [-0.4, -0.2) is 47.8 Å². The minimum atomic E-state index is -0.816. The fourth-order valence-electron chi connectivity index (χ4n) is 7.46. The first-order valence-electron chi connectivity index (χ1n) is 20.1. The number of aliphatic hydroxyl groups excluding tert-OH is 1. The summed E-state index contributed by atoms with van der Waals surface area (Å²) in [6.45, 7) is 2.54. The van der Waals surface area contributed by atoms with Gasteiger partial charge in [0.25, 0.3) is 0 Å². The van der Waals surface area contributed by atoms with Crippen molar-refractivity contribution in [3.8, 4) is 11.1 Å². The maximum absolute atomic E-state index is 12.9. The fourth-order valence-corrected chi connectivity index (χ4v) is 7.46. The summed E-state index contributed by atoms with van der Waals surface area (Å²) in [7, 11) is 1.31. The Morgan fingerprint density at radius 3 is 1.88 bits per heavy atom. The molecule has 3 N–H and O–H groups in total. The number of amides is 2. The van der Waals surface area contributed by atoms with Crippen molar-refractivity contribution in [1.29, 1.82) is 0 Å². The fraction of sp³-hybridized carbons (Fsp3) is 0.240. The molecule has 0 spiro atoms. The molecule has 2 amide bonds. The standard InChI is InChI=1S/C50H51N3O6/c1-57-48(55)46(29-36-12-5-2-6-13-36)52-50(56)51-31-40-18-11-19-44(28-40)41-24-26-43(27-25-41)49-58-45(30-47(59-49)42-22-20-39(35-54)21-23-42)34-53(32-37-14-7-3-8-15-37)33-38-16-9-4-10-17-38/h2-28,45-47,49,54H,29-35H2,1H3,(H2,51,52,56)/t45-,46+,47+,49+/m1/s1. The number of ether oxygens (including phenoxy) is 3. The molecule has 6 aromatic rings. The van der Waals surface area contributed by atoms with Crippen molar-refractivity contribution in [2.24, 2.45) is 0 Å². The van der Waals surface area contributed by atoms with Gasteiger partial charge < -0.3 is 30.0 Å². The van der Waals surface area contributed by atoms with E-state index >= 15 is 0 Å². The quantitative estimate of drug-likeness (QED) is 0.0843. The summed E-state index contributed by atoms with van der Waals surface area (Å²) in [6, 6.07) is 53.5. The van der Waals surface area contributed by atoms with Crippen LogP contribution in [0.3, 0.4) is 0 Å². The number of hydrogen-bond donors (Lipinski definition) is 3. The van der Waals surface area contributed by atoms with Crippen LogP contribution in [0.1, 0.15) is 57.8 Å². The van der Waals surface area contributed by atoms with E-state index in [0.29, 0.717) is 19.4 Å². The van der Waals surface area contributed by atoms with Gasteiger partial charge in [-0.05, 0) is 50.6 Å². The van der Waals surface area contributed by atoms with Crippen LogP contribution in [0.25, 0.3) is 11.1 Å². The molecule has 9 heteroatoms. The Hall–Kier alpha value is -6.10. The second kappa shape index (κ2) is 20.5. The van der Waals surface area contributed by atoms with Crippen LogP contribution >= 0.6 is 0 Å². The summed E-state index contributed by atoms with van der Waals surface area (Å²) in [5.41, 5.74) is 9.14. The number of methoxy groups -OCH3 is 1. The van der Waals surface area contributed by atoms with Gasteiger partial charge >= 0.3 is 12.0 Å². The molecule has 1 aliphatic heterocycles.